The SMILES string of the molecule is NCC12CCCCC1CN(Cc1ccc3c(c1)C(=O)N(C1CCC(=O)NC1=O)C3)C2. The van der Waals surface area contributed by atoms with E-state index in [4.69, 9.17) is 5.73 Å². The van der Waals surface area contributed by atoms with E-state index in [0.717, 1.165) is 37.3 Å². The maximum absolute atomic E-state index is 13.0. The maximum Gasteiger partial charge on any atom is 0.255 e. The Kier molecular flexibility index (Phi) is 4.90. The molecule has 3 N–H and O–H groups in total. The normalized spacial score (nSPS) is 31.6. The molecule has 3 atom stereocenters. The lowest BCUT2D eigenvalue weighted by atomic mass is 9.68. The molecule has 0 bridgehead atoms. The van der Waals surface area contributed by atoms with E-state index in [2.05, 4.69) is 16.3 Å². The van der Waals surface area contributed by atoms with Gasteiger partial charge in [0.25, 0.3) is 5.91 Å². The number of hydrogen-bond acceptors (Lipinski definition) is 5. The van der Waals surface area contributed by atoms with Crippen molar-refractivity contribution in [1.82, 2.24) is 15.1 Å². The van der Waals surface area contributed by atoms with E-state index in [0.29, 0.717) is 24.4 Å². The summed E-state index contributed by atoms with van der Waals surface area (Å²) in [5, 5.41) is 2.36. The van der Waals surface area contributed by atoms with Gasteiger partial charge < -0.3 is 10.6 Å². The van der Waals surface area contributed by atoms with Gasteiger partial charge in [0, 0.05) is 38.2 Å². The number of amides is 3. The van der Waals surface area contributed by atoms with E-state index in [1.165, 1.54) is 25.7 Å². The van der Waals surface area contributed by atoms with Gasteiger partial charge in [-0.25, -0.2) is 0 Å². The molecular weight excluding hydrogens is 380 g/mol. The van der Waals surface area contributed by atoms with Crippen LogP contribution < -0.4 is 11.1 Å². The van der Waals surface area contributed by atoms with Crippen LogP contribution >= 0.6 is 0 Å². The van der Waals surface area contributed by atoms with Crippen LogP contribution in [0.2, 0.25) is 0 Å². The largest absolute Gasteiger partial charge is 0.330 e. The first-order chi connectivity index (χ1) is 14.5. The molecule has 3 heterocycles. The Morgan fingerprint density at radius 1 is 1.17 bits per heavy atom. The number of likely N-dealkylation sites (tertiary alicyclic amines) is 1. The first-order valence-corrected chi connectivity index (χ1v) is 11.2. The highest BCUT2D eigenvalue weighted by Gasteiger charge is 2.46. The number of piperidine rings is 1. The Hall–Kier alpha value is -2.25. The average Bonchev–Trinajstić information content (AvgIpc) is 3.26. The number of carbonyl (C=O) groups is 3. The van der Waals surface area contributed by atoms with Crippen molar-refractivity contribution in [2.75, 3.05) is 19.6 Å². The van der Waals surface area contributed by atoms with Gasteiger partial charge in [0.15, 0.2) is 0 Å². The Morgan fingerprint density at radius 3 is 2.80 bits per heavy atom. The van der Waals surface area contributed by atoms with Gasteiger partial charge in [0.1, 0.15) is 6.04 Å². The van der Waals surface area contributed by atoms with Crippen molar-refractivity contribution in [3.63, 3.8) is 0 Å². The van der Waals surface area contributed by atoms with Crippen molar-refractivity contribution < 1.29 is 14.4 Å². The Morgan fingerprint density at radius 2 is 2.03 bits per heavy atom. The fraction of sp³-hybridized carbons (Fsp3) is 0.609. The molecule has 4 aliphatic rings. The van der Waals surface area contributed by atoms with Crippen LogP contribution in [0.4, 0.5) is 0 Å². The van der Waals surface area contributed by atoms with Crippen molar-refractivity contribution in [2.45, 2.75) is 57.7 Å². The number of rotatable bonds is 4. The van der Waals surface area contributed by atoms with Crippen LogP contribution in [0.15, 0.2) is 18.2 Å². The summed E-state index contributed by atoms with van der Waals surface area (Å²) in [5.74, 6) is -0.0336. The van der Waals surface area contributed by atoms with Crippen molar-refractivity contribution in [2.24, 2.45) is 17.1 Å². The van der Waals surface area contributed by atoms with E-state index >= 15 is 0 Å². The zero-order valence-corrected chi connectivity index (χ0v) is 17.4. The van der Waals surface area contributed by atoms with E-state index in [9.17, 15) is 14.4 Å². The maximum atomic E-state index is 13.0. The van der Waals surface area contributed by atoms with E-state index in [1.807, 2.05) is 12.1 Å². The van der Waals surface area contributed by atoms with Crippen LogP contribution in [0.1, 0.15) is 60.0 Å². The molecule has 7 nitrogen and oxygen atoms in total. The zero-order chi connectivity index (χ0) is 20.9. The number of nitrogens with zero attached hydrogens (tertiary/aromatic N) is 2. The lowest BCUT2D eigenvalue weighted by Gasteiger charge is -2.37. The van der Waals surface area contributed by atoms with Crippen LogP contribution in [0.3, 0.4) is 0 Å². The van der Waals surface area contributed by atoms with Crippen molar-refractivity contribution in [1.29, 1.82) is 0 Å². The predicted octanol–water partition coefficient (Wildman–Crippen LogP) is 1.40. The van der Waals surface area contributed by atoms with Crippen LogP contribution in [0, 0.1) is 11.3 Å². The topological polar surface area (TPSA) is 95.7 Å². The summed E-state index contributed by atoms with van der Waals surface area (Å²) in [7, 11) is 0. The van der Waals surface area contributed by atoms with Gasteiger partial charge in [0.2, 0.25) is 11.8 Å². The molecule has 1 aliphatic carbocycles. The van der Waals surface area contributed by atoms with E-state index < -0.39 is 6.04 Å². The summed E-state index contributed by atoms with van der Waals surface area (Å²) in [6.45, 7) is 4.16. The Labute approximate surface area is 177 Å². The molecule has 160 valence electrons. The highest BCUT2D eigenvalue weighted by molar-refractivity contribution is 6.05. The minimum absolute atomic E-state index is 0.102. The number of benzene rings is 1. The molecule has 30 heavy (non-hydrogen) atoms. The molecule has 0 aromatic heterocycles. The number of fused-ring (bicyclic) bond motifs is 2. The van der Waals surface area contributed by atoms with Crippen LogP contribution in [0.25, 0.3) is 0 Å². The van der Waals surface area contributed by atoms with Crippen molar-refractivity contribution >= 4 is 17.7 Å². The molecule has 1 aromatic rings. The second kappa shape index (κ2) is 7.46. The standard InChI is InChI=1S/C23H30N4O3/c24-13-23-8-2-1-3-17(23)12-26(14-23)10-15-4-5-16-11-27(22(30)18(16)9-15)19-6-7-20(28)25-21(19)29/h4-5,9,17,19H,1-3,6-8,10-14,24H2,(H,25,28,29). The Balaban J connectivity index is 1.30. The molecule has 1 aromatic carbocycles. The molecule has 0 spiro atoms. The second-order valence-corrected chi connectivity index (χ2v) is 9.57. The third-order valence-corrected chi connectivity index (χ3v) is 7.77. The molecule has 7 heteroatoms. The Bertz CT molecular complexity index is 900. The molecule has 2 saturated heterocycles. The lowest BCUT2D eigenvalue weighted by molar-refractivity contribution is -0.136. The quantitative estimate of drug-likeness (QED) is 0.732. The number of imide groups is 1. The van der Waals surface area contributed by atoms with E-state index in [1.54, 1.807) is 4.90 Å². The first-order valence-electron chi connectivity index (χ1n) is 11.2. The molecule has 5 rings (SSSR count). The molecule has 3 aliphatic heterocycles. The zero-order valence-electron chi connectivity index (χ0n) is 17.4. The van der Waals surface area contributed by atoms with Gasteiger partial charge in [-0.05, 0) is 54.3 Å². The summed E-state index contributed by atoms with van der Waals surface area (Å²) in [5.41, 5.74) is 9.27. The summed E-state index contributed by atoms with van der Waals surface area (Å²) in [4.78, 5) is 40.8. The fourth-order valence-corrected chi connectivity index (χ4v) is 6.10. The molecular formula is C23H30N4O3. The molecule has 3 unspecified atom stereocenters. The summed E-state index contributed by atoms with van der Waals surface area (Å²) >= 11 is 0. The van der Waals surface area contributed by atoms with Gasteiger partial charge in [0.05, 0.1) is 0 Å². The van der Waals surface area contributed by atoms with Gasteiger partial charge >= 0.3 is 0 Å². The highest BCUT2D eigenvalue weighted by Crippen LogP contribution is 2.46. The molecule has 3 fully saturated rings. The van der Waals surface area contributed by atoms with Crippen molar-refractivity contribution in [3.8, 4) is 0 Å². The molecule has 3 amide bonds. The smallest absolute Gasteiger partial charge is 0.255 e. The average molecular weight is 411 g/mol. The summed E-state index contributed by atoms with van der Waals surface area (Å²) < 4.78 is 0. The second-order valence-electron chi connectivity index (χ2n) is 9.57. The van der Waals surface area contributed by atoms with E-state index in [-0.39, 0.29) is 29.6 Å². The minimum atomic E-state index is -0.558. The summed E-state index contributed by atoms with van der Waals surface area (Å²) in [6, 6.07) is 5.57. The highest BCUT2D eigenvalue weighted by atomic mass is 16.2. The van der Waals surface area contributed by atoms with Crippen LogP contribution in [0.5, 0.6) is 0 Å². The third kappa shape index (κ3) is 3.24. The number of hydrogen-bond donors (Lipinski definition) is 2. The van der Waals surface area contributed by atoms with Gasteiger partial charge in [-0.3, -0.25) is 24.6 Å². The van der Waals surface area contributed by atoms with Crippen molar-refractivity contribution in [3.05, 3.63) is 34.9 Å². The monoisotopic (exact) mass is 410 g/mol. The predicted molar refractivity (Wildman–Crippen MR) is 111 cm³/mol. The molecule has 0 radical (unpaired) electrons. The summed E-state index contributed by atoms with van der Waals surface area (Å²) in [6.07, 6.45) is 5.77. The molecule has 1 saturated carbocycles. The number of nitrogens with two attached hydrogens (primary N) is 1. The van der Waals surface area contributed by atoms with Crippen LogP contribution in [-0.2, 0) is 22.7 Å². The third-order valence-electron chi connectivity index (χ3n) is 7.77. The lowest BCUT2D eigenvalue weighted by Crippen LogP contribution is -2.52. The first kappa shape index (κ1) is 19.7. The van der Waals surface area contributed by atoms with Gasteiger partial charge in [-0.2, -0.15) is 0 Å². The fourth-order valence-electron chi connectivity index (χ4n) is 6.10. The number of carbonyl (C=O) groups excluding carboxylic acids is 3. The van der Waals surface area contributed by atoms with Crippen LogP contribution in [-0.4, -0.2) is 53.2 Å². The van der Waals surface area contributed by atoms with Gasteiger partial charge in [-0.1, -0.05) is 25.0 Å². The van der Waals surface area contributed by atoms with Gasteiger partial charge in [-0.15, -0.1) is 0 Å². The number of nitrogens with one attached hydrogen (secondary N) is 1. The minimum Gasteiger partial charge on any atom is -0.330 e.